The van der Waals surface area contributed by atoms with Crippen molar-refractivity contribution in [2.45, 2.75) is 49.6 Å². The van der Waals surface area contributed by atoms with Gasteiger partial charge in [0.05, 0.1) is 17.1 Å². The van der Waals surface area contributed by atoms with Gasteiger partial charge in [-0.2, -0.15) is 13.2 Å². The maximum Gasteiger partial charge on any atom is 0.416 e. The van der Waals surface area contributed by atoms with E-state index in [1.807, 2.05) is 0 Å². The molecule has 4 rings (SSSR count). The quantitative estimate of drug-likeness (QED) is 0.820. The van der Waals surface area contributed by atoms with E-state index in [2.05, 4.69) is 10.6 Å². The van der Waals surface area contributed by atoms with Crippen molar-refractivity contribution >= 4 is 6.03 Å². The van der Waals surface area contributed by atoms with Crippen LogP contribution in [0.5, 0.6) is 0 Å². The van der Waals surface area contributed by atoms with Crippen LogP contribution in [0.1, 0.15) is 43.4 Å². The van der Waals surface area contributed by atoms with Crippen molar-refractivity contribution in [1.29, 1.82) is 0 Å². The number of benzene rings is 1. The Morgan fingerprint density at radius 1 is 1.27 bits per heavy atom. The molecule has 120 valence electrons. The highest BCUT2D eigenvalue weighted by atomic mass is 19.4. The van der Waals surface area contributed by atoms with Gasteiger partial charge >= 0.3 is 12.2 Å². The monoisotopic (exact) mass is 316 g/mol. The van der Waals surface area contributed by atoms with Gasteiger partial charge in [0.2, 0.25) is 0 Å². The number of rotatable bonds is 3. The molecule has 1 aromatic carbocycles. The lowest BCUT2D eigenvalue weighted by Crippen LogP contribution is -2.77. The third kappa shape index (κ3) is 2.64. The first-order valence-corrected chi connectivity index (χ1v) is 7.06. The molecule has 2 amide bonds. The van der Waals surface area contributed by atoms with Crippen LogP contribution in [0.25, 0.3) is 0 Å². The van der Waals surface area contributed by atoms with Crippen LogP contribution in [0.3, 0.4) is 0 Å². The number of hydrogen-bond acceptors (Lipinski definition) is 1. The third-order valence-corrected chi connectivity index (χ3v) is 4.41. The maximum absolute atomic E-state index is 13.4. The first kappa shape index (κ1) is 15.1. The number of carbonyl (C=O) groups excluding carboxylic acids is 1. The average Bonchev–Trinajstić information content (AvgIpc) is 2.34. The molecule has 7 heteroatoms. The Hall–Kier alpha value is -1.79. The largest absolute Gasteiger partial charge is 0.416 e. The molecule has 2 N–H and O–H groups in total. The van der Waals surface area contributed by atoms with Crippen molar-refractivity contribution in [2.75, 3.05) is 0 Å². The molecule has 0 aliphatic heterocycles. The number of urea groups is 1. The topological polar surface area (TPSA) is 41.1 Å². The second-order valence-electron chi connectivity index (χ2n) is 6.40. The van der Waals surface area contributed by atoms with E-state index in [1.165, 1.54) is 12.1 Å². The van der Waals surface area contributed by atoms with Gasteiger partial charge in [-0.05, 0) is 24.6 Å². The summed E-state index contributed by atoms with van der Waals surface area (Å²) < 4.78 is 51.4. The summed E-state index contributed by atoms with van der Waals surface area (Å²) in [4.78, 5) is 11.9. The lowest BCUT2D eigenvalue weighted by atomic mass is 9.47. The molecule has 0 unspecified atom stereocenters. The zero-order valence-corrected chi connectivity index (χ0v) is 11.9. The van der Waals surface area contributed by atoms with E-state index in [0.29, 0.717) is 24.8 Å². The molecule has 3 aliphatic rings. The Balaban J connectivity index is 1.60. The van der Waals surface area contributed by atoms with Crippen LogP contribution in [-0.2, 0) is 6.18 Å². The van der Waals surface area contributed by atoms with E-state index in [4.69, 9.17) is 0 Å². The molecule has 3 nitrogen and oxygen atoms in total. The number of hydrogen-bond donors (Lipinski definition) is 2. The summed E-state index contributed by atoms with van der Waals surface area (Å²) in [5.74, 6) is 0. The predicted octanol–water partition coefficient (Wildman–Crippen LogP) is 3.71. The molecule has 0 saturated heterocycles. The minimum atomic E-state index is -4.42. The molecule has 3 saturated carbocycles. The molecule has 2 bridgehead atoms. The molecule has 0 aromatic heterocycles. The number of halogens is 4. The fraction of sp³-hybridized carbons (Fsp3) is 0.533. The number of carbonyl (C=O) groups is 1. The van der Waals surface area contributed by atoms with E-state index in [9.17, 15) is 22.4 Å². The van der Waals surface area contributed by atoms with Gasteiger partial charge in [0.25, 0.3) is 0 Å². The van der Waals surface area contributed by atoms with Crippen LogP contribution in [-0.4, -0.2) is 17.2 Å². The summed E-state index contributed by atoms with van der Waals surface area (Å²) >= 11 is 0. The SMILES string of the molecule is C[C@H](NC(=O)NC12CC(F)(C1)C2)c1cccc(C(F)(F)F)c1. The highest BCUT2D eigenvalue weighted by Gasteiger charge is 2.69. The van der Waals surface area contributed by atoms with Crippen molar-refractivity contribution in [2.24, 2.45) is 0 Å². The second-order valence-corrected chi connectivity index (χ2v) is 6.40. The van der Waals surface area contributed by atoms with Gasteiger partial charge in [-0.25, -0.2) is 9.18 Å². The van der Waals surface area contributed by atoms with Gasteiger partial charge in [-0.3, -0.25) is 0 Å². The normalized spacial score (nSPS) is 30.8. The molecular weight excluding hydrogens is 300 g/mol. The number of amides is 2. The molecule has 0 radical (unpaired) electrons. The van der Waals surface area contributed by atoms with E-state index in [0.717, 1.165) is 12.1 Å². The first-order valence-electron chi connectivity index (χ1n) is 7.06. The average molecular weight is 316 g/mol. The molecule has 3 fully saturated rings. The fourth-order valence-corrected chi connectivity index (χ4v) is 3.34. The van der Waals surface area contributed by atoms with Gasteiger partial charge in [0, 0.05) is 19.3 Å². The van der Waals surface area contributed by atoms with Crippen LogP contribution in [0.4, 0.5) is 22.4 Å². The van der Waals surface area contributed by atoms with Crippen LogP contribution in [0, 0.1) is 0 Å². The number of nitrogens with one attached hydrogen (secondary N) is 2. The van der Waals surface area contributed by atoms with Gasteiger partial charge in [-0.15, -0.1) is 0 Å². The zero-order chi connectivity index (χ0) is 16.2. The molecule has 22 heavy (non-hydrogen) atoms. The maximum atomic E-state index is 13.4. The zero-order valence-electron chi connectivity index (χ0n) is 11.9. The van der Waals surface area contributed by atoms with Gasteiger partial charge in [0.15, 0.2) is 0 Å². The summed E-state index contributed by atoms with van der Waals surface area (Å²) in [5, 5.41) is 5.31. The Labute approximate surface area is 125 Å². The Morgan fingerprint density at radius 3 is 2.45 bits per heavy atom. The Bertz CT molecular complexity index is 594. The fourth-order valence-electron chi connectivity index (χ4n) is 3.34. The lowest BCUT2D eigenvalue weighted by Gasteiger charge is -2.65. The van der Waals surface area contributed by atoms with E-state index in [-0.39, 0.29) is 0 Å². The van der Waals surface area contributed by atoms with Crippen molar-refractivity contribution < 1.29 is 22.4 Å². The first-order chi connectivity index (χ1) is 10.1. The van der Waals surface area contributed by atoms with Gasteiger partial charge in [-0.1, -0.05) is 12.1 Å². The second kappa shape index (κ2) is 4.60. The number of alkyl halides is 4. The predicted molar refractivity (Wildman–Crippen MR) is 71.9 cm³/mol. The molecular formula is C15H16F4N2O. The van der Waals surface area contributed by atoms with Crippen molar-refractivity contribution in [3.05, 3.63) is 35.4 Å². The lowest BCUT2D eigenvalue weighted by molar-refractivity contribution is -0.162. The molecule has 1 aromatic rings. The van der Waals surface area contributed by atoms with Crippen LogP contribution >= 0.6 is 0 Å². The van der Waals surface area contributed by atoms with E-state index >= 15 is 0 Å². The third-order valence-electron chi connectivity index (χ3n) is 4.41. The van der Waals surface area contributed by atoms with Crippen molar-refractivity contribution in [1.82, 2.24) is 10.6 Å². The summed E-state index contributed by atoms with van der Waals surface area (Å²) in [7, 11) is 0. The molecule has 1 atom stereocenters. The summed E-state index contributed by atoms with van der Waals surface area (Å²) in [6.45, 7) is 1.60. The molecule has 0 heterocycles. The molecule has 3 aliphatic carbocycles. The van der Waals surface area contributed by atoms with Crippen molar-refractivity contribution in [3.8, 4) is 0 Å². The summed E-state index contributed by atoms with van der Waals surface area (Å²) in [5.41, 5.74) is -1.95. The van der Waals surface area contributed by atoms with Crippen LogP contribution in [0.2, 0.25) is 0 Å². The minimum absolute atomic E-state index is 0.325. The highest BCUT2D eigenvalue weighted by molar-refractivity contribution is 5.76. The Morgan fingerprint density at radius 2 is 1.91 bits per heavy atom. The molecule has 0 spiro atoms. The van der Waals surface area contributed by atoms with Gasteiger partial charge < -0.3 is 10.6 Å². The highest BCUT2D eigenvalue weighted by Crippen LogP contribution is 2.62. The van der Waals surface area contributed by atoms with Gasteiger partial charge in [0.1, 0.15) is 5.67 Å². The van der Waals surface area contributed by atoms with Crippen LogP contribution < -0.4 is 10.6 Å². The van der Waals surface area contributed by atoms with Crippen molar-refractivity contribution in [3.63, 3.8) is 0 Å². The standard InChI is InChI=1S/C15H16F4N2O/c1-9(10-3-2-4-11(5-10)15(17,18)19)20-12(22)21-14-6-13(16,7-14)8-14/h2-5,9H,6-8H2,1H3,(H2,20,21,22)/t9-,13?,14?/m0/s1. The van der Waals surface area contributed by atoms with Crippen LogP contribution in [0.15, 0.2) is 24.3 Å². The Kier molecular flexibility index (Phi) is 3.16. The van der Waals surface area contributed by atoms with E-state index in [1.54, 1.807) is 6.92 Å². The van der Waals surface area contributed by atoms with E-state index < -0.39 is 35.0 Å². The smallest absolute Gasteiger partial charge is 0.332 e. The minimum Gasteiger partial charge on any atom is -0.332 e. The summed E-state index contributed by atoms with van der Waals surface area (Å²) in [6, 6.07) is 3.78. The summed E-state index contributed by atoms with van der Waals surface area (Å²) in [6.07, 6.45) is -3.44.